The fourth-order valence-electron chi connectivity index (χ4n) is 3.44. The molecule has 0 fully saturated rings. The highest BCUT2D eigenvalue weighted by atomic mass is 79.9. The molecule has 3 aromatic rings. The number of Topliss-reactive ketones (excluding diaryl/α,β-unsaturated/α-hetero) is 1. The van der Waals surface area contributed by atoms with Crippen molar-refractivity contribution in [2.24, 2.45) is 0 Å². The summed E-state index contributed by atoms with van der Waals surface area (Å²) < 4.78 is 18.3. The van der Waals surface area contributed by atoms with E-state index in [-0.39, 0.29) is 5.78 Å². The summed E-state index contributed by atoms with van der Waals surface area (Å²) in [6.07, 6.45) is 3.43. The van der Waals surface area contributed by atoms with Gasteiger partial charge in [-0.15, -0.1) is 0 Å². The molecule has 0 bridgehead atoms. The third-order valence-corrected chi connectivity index (χ3v) is 5.34. The van der Waals surface area contributed by atoms with Gasteiger partial charge in [0.1, 0.15) is 24.0 Å². The van der Waals surface area contributed by atoms with E-state index in [0.717, 1.165) is 27.1 Å². The van der Waals surface area contributed by atoms with Crippen molar-refractivity contribution in [2.45, 2.75) is 13.1 Å². The largest absolute Gasteiger partial charge is 0.478 e. The maximum atomic E-state index is 12.8. The van der Waals surface area contributed by atoms with Crippen LogP contribution in [0.15, 0.2) is 69.4 Å². The number of hydrogen-bond donors (Lipinski definition) is 0. The molecule has 0 spiro atoms. The zero-order valence-electron chi connectivity index (χ0n) is 14.9. The SMILES string of the molecule is O=C1/C(=C/c2ccc(Br)cc2)Oc2c1ccc1c2CN(Cc2ccco2)CO1. The minimum Gasteiger partial charge on any atom is -0.478 e. The van der Waals surface area contributed by atoms with Gasteiger partial charge in [0.25, 0.3) is 0 Å². The van der Waals surface area contributed by atoms with E-state index in [1.165, 1.54) is 0 Å². The van der Waals surface area contributed by atoms with E-state index < -0.39 is 0 Å². The van der Waals surface area contributed by atoms with Crippen LogP contribution in [0.3, 0.4) is 0 Å². The molecular formula is C22H16BrNO4. The van der Waals surface area contributed by atoms with Gasteiger partial charge in [-0.25, -0.2) is 0 Å². The molecule has 5 rings (SSSR count). The summed E-state index contributed by atoms with van der Waals surface area (Å²) >= 11 is 3.42. The first-order valence-corrected chi connectivity index (χ1v) is 9.70. The molecule has 0 amide bonds. The molecule has 28 heavy (non-hydrogen) atoms. The fraction of sp³-hybridized carbons (Fsp3) is 0.136. The molecule has 5 nitrogen and oxygen atoms in total. The van der Waals surface area contributed by atoms with Crippen LogP contribution in [0.4, 0.5) is 0 Å². The number of hydrogen-bond acceptors (Lipinski definition) is 5. The minimum absolute atomic E-state index is 0.108. The number of ketones is 1. The van der Waals surface area contributed by atoms with Crippen LogP contribution in [-0.2, 0) is 13.1 Å². The number of furan rings is 1. The van der Waals surface area contributed by atoms with Crippen LogP contribution in [0.5, 0.6) is 11.5 Å². The second-order valence-electron chi connectivity index (χ2n) is 6.75. The molecule has 0 aliphatic carbocycles. The number of fused-ring (bicyclic) bond motifs is 3. The maximum Gasteiger partial charge on any atom is 0.231 e. The van der Waals surface area contributed by atoms with Gasteiger partial charge in [0.15, 0.2) is 5.76 Å². The monoisotopic (exact) mass is 437 g/mol. The van der Waals surface area contributed by atoms with E-state index in [1.807, 2.05) is 42.5 Å². The van der Waals surface area contributed by atoms with Gasteiger partial charge in [-0.2, -0.15) is 0 Å². The Bertz CT molecular complexity index is 1070. The second kappa shape index (κ2) is 6.96. The Morgan fingerprint density at radius 1 is 1.11 bits per heavy atom. The van der Waals surface area contributed by atoms with Gasteiger partial charge in [-0.05, 0) is 48.0 Å². The Kier molecular flexibility index (Phi) is 4.30. The highest BCUT2D eigenvalue weighted by molar-refractivity contribution is 9.10. The molecule has 0 saturated heterocycles. The van der Waals surface area contributed by atoms with Crippen molar-refractivity contribution in [1.82, 2.24) is 4.90 Å². The Labute approximate surface area is 170 Å². The summed E-state index contributed by atoms with van der Waals surface area (Å²) in [5.74, 6) is 2.44. The van der Waals surface area contributed by atoms with Crippen LogP contribution in [-0.4, -0.2) is 17.4 Å². The number of rotatable bonds is 3. The van der Waals surface area contributed by atoms with Gasteiger partial charge in [-0.1, -0.05) is 28.1 Å². The van der Waals surface area contributed by atoms with E-state index in [9.17, 15) is 4.79 Å². The molecule has 2 aliphatic heterocycles. The summed E-state index contributed by atoms with van der Waals surface area (Å²) in [5, 5.41) is 0. The first-order chi connectivity index (χ1) is 13.7. The molecule has 0 atom stereocenters. The summed E-state index contributed by atoms with van der Waals surface area (Å²) in [4.78, 5) is 14.9. The number of allylic oxidation sites excluding steroid dienone is 1. The van der Waals surface area contributed by atoms with Crippen molar-refractivity contribution in [3.8, 4) is 11.5 Å². The predicted octanol–water partition coefficient (Wildman–Crippen LogP) is 5.01. The van der Waals surface area contributed by atoms with Gasteiger partial charge in [-0.3, -0.25) is 9.69 Å². The molecule has 0 radical (unpaired) electrons. The van der Waals surface area contributed by atoms with E-state index in [1.54, 1.807) is 18.4 Å². The van der Waals surface area contributed by atoms with E-state index in [0.29, 0.717) is 36.9 Å². The Hall–Kier alpha value is -2.83. The topological polar surface area (TPSA) is 51.9 Å². The minimum atomic E-state index is -0.108. The van der Waals surface area contributed by atoms with Crippen LogP contribution in [0.25, 0.3) is 6.08 Å². The van der Waals surface area contributed by atoms with Crippen molar-refractivity contribution in [2.75, 3.05) is 6.73 Å². The fourth-order valence-corrected chi connectivity index (χ4v) is 3.70. The number of benzene rings is 2. The molecule has 1 aromatic heterocycles. The summed E-state index contributed by atoms with van der Waals surface area (Å²) in [5.41, 5.74) is 2.37. The maximum absolute atomic E-state index is 12.8. The standard InChI is InChI=1S/C22H16BrNO4/c23-15-5-3-14(4-6-15)10-20-21(25)17-7-8-19-18(22(17)28-20)12-24(13-27-19)11-16-2-1-9-26-16/h1-10H,11-13H2/b20-10-. The predicted molar refractivity (Wildman–Crippen MR) is 107 cm³/mol. The van der Waals surface area contributed by atoms with Gasteiger partial charge in [0, 0.05) is 11.0 Å². The van der Waals surface area contributed by atoms with Gasteiger partial charge < -0.3 is 13.9 Å². The average Bonchev–Trinajstić information content (AvgIpc) is 3.32. The molecule has 2 aliphatic rings. The first-order valence-electron chi connectivity index (χ1n) is 8.90. The normalized spacial score (nSPS) is 17.2. The van der Waals surface area contributed by atoms with Crippen LogP contribution < -0.4 is 9.47 Å². The number of ether oxygens (including phenoxy) is 2. The second-order valence-corrected chi connectivity index (χ2v) is 7.67. The lowest BCUT2D eigenvalue weighted by atomic mass is 10.0. The highest BCUT2D eigenvalue weighted by Crippen LogP contribution is 2.42. The van der Waals surface area contributed by atoms with Gasteiger partial charge >= 0.3 is 0 Å². The van der Waals surface area contributed by atoms with E-state index in [4.69, 9.17) is 13.9 Å². The lowest BCUT2D eigenvalue weighted by Gasteiger charge is -2.29. The van der Waals surface area contributed by atoms with Crippen LogP contribution in [0.2, 0.25) is 0 Å². The van der Waals surface area contributed by atoms with Crippen LogP contribution >= 0.6 is 15.9 Å². The van der Waals surface area contributed by atoms with Crippen LogP contribution in [0, 0.1) is 0 Å². The molecule has 0 saturated carbocycles. The lowest BCUT2D eigenvalue weighted by molar-refractivity contribution is 0.0810. The third-order valence-electron chi connectivity index (χ3n) is 4.81. The summed E-state index contributed by atoms with van der Waals surface area (Å²) in [6.45, 7) is 1.71. The molecule has 0 unspecified atom stereocenters. The third kappa shape index (κ3) is 3.15. The molecule has 3 heterocycles. The lowest BCUT2D eigenvalue weighted by Crippen LogP contribution is -2.31. The zero-order chi connectivity index (χ0) is 19.1. The number of carbonyl (C=O) groups is 1. The summed E-state index contributed by atoms with van der Waals surface area (Å²) in [6, 6.07) is 15.2. The first kappa shape index (κ1) is 17.3. The van der Waals surface area contributed by atoms with Crippen molar-refractivity contribution >= 4 is 27.8 Å². The van der Waals surface area contributed by atoms with E-state index >= 15 is 0 Å². The van der Waals surface area contributed by atoms with Crippen molar-refractivity contribution in [3.05, 3.63) is 87.5 Å². The van der Waals surface area contributed by atoms with Crippen LogP contribution in [0.1, 0.15) is 27.2 Å². The number of carbonyl (C=O) groups excluding carboxylic acids is 1. The van der Waals surface area contributed by atoms with Crippen molar-refractivity contribution < 1.29 is 18.7 Å². The average molecular weight is 438 g/mol. The Morgan fingerprint density at radius 3 is 2.75 bits per heavy atom. The molecule has 140 valence electrons. The quantitative estimate of drug-likeness (QED) is 0.539. The number of halogens is 1. The molecular weight excluding hydrogens is 422 g/mol. The van der Waals surface area contributed by atoms with Gasteiger partial charge in [0.05, 0.1) is 23.9 Å². The zero-order valence-corrected chi connectivity index (χ0v) is 16.4. The highest BCUT2D eigenvalue weighted by Gasteiger charge is 2.33. The Morgan fingerprint density at radius 2 is 1.96 bits per heavy atom. The molecule has 0 N–H and O–H groups in total. The smallest absolute Gasteiger partial charge is 0.231 e. The van der Waals surface area contributed by atoms with Gasteiger partial charge in [0.2, 0.25) is 5.78 Å². The van der Waals surface area contributed by atoms with E-state index in [2.05, 4.69) is 20.8 Å². The van der Waals surface area contributed by atoms with Crippen molar-refractivity contribution in [1.29, 1.82) is 0 Å². The summed E-state index contributed by atoms with van der Waals surface area (Å²) in [7, 11) is 0. The molecule has 6 heteroatoms. The van der Waals surface area contributed by atoms with Crippen molar-refractivity contribution in [3.63, 3.8) is 0 Å². The molecule has 2 aromatic carbocycles. The Balaban J connectivity index is 1.44. The number of nitrogens with zero attached hydrogens (tertiary/aromatic N) is 1.